The molecule has 2 rings (SSSR count). The van der Waals surface area contributed by atoms with Crippen molar-refractivity contribution < 1.29 is 9.32 Å². The lowest BCUT2D eigenvalue weighted by molar-refractivity contribution is -0.122. The molecule has 16 heavy (non-hydrogen) atoms. The summed E-state index contributed by atoms with van der Waals surface area (Å²) in [5.74, 6) is 0.604. The molecular formula is C8H10N6O2. The number of nitrogen functional groups attached to an aromatic ring is 1. The van der Waals surface area contributed by atoms with Crippen molar-refractivity contribution in [3.05, 3.63) is 24.5 Å². The summed E-state index contributed by atoms with van der Waals surface area (Å²) < 4.78 is 5.97. The van der Waals surface area contributed by atoms with Crippen molar-refractivity contribution in [3.63, 3.8) is 0 Å². The number of hydrogen-bond acceptors (Lipinski definition) is 6. The fourth-order valence-corrected chi connectivity index (χ4v) is 1.12. The molecule has 0 spiro atoms. The molecule has 3 N–H and O–H groups in total. The Bertz CT molecular complexity index is 463. The van der Waals surface area contributed by atoms with E-state index in [1.54, 1.807) is 12.3 Å². The molecule has 8 nitrogen and oxygen atoms in total. The Morgan fingerprint density at radius 2 is 2.50 bits per heavy atom. The fourth-order valence-electron chi connectivity index (χ4n) is 1.12. The number of amides is 1. The van der Waals surface area contributed by atoms with Crippen LogP contribution in [0.5, 0.6) is 0 Å². The van der Waals surface area contributed by atoms with Gasteiger partial charge in [0.25, 0.3) is 0 Å². The molecule has 0 unspecified atom stereocenters. The van der Waals surface area contributed by atoms with Crippen LogP contribution in [0, 0.1) is 0 Å². The number of hydrogen-bond donors (Lipinski definition) is 2. The Hall–Kier alpha value is -2.38. The van der Waals surface area contributed by atoms with Crippen molar-refractivity contribution in [3.8, 4) is 0 Å². The van der Waals surface area contributed by atoms with Gasteiger partial charge in [0, 0.05) is 6.20 Å². The van der Waals surface area contributed by atoms with Crippen molar-refractivity contribution in [2.45, 2.75) is 13.1 Å². The van der Waals surface area contributed by atoms with Gasteiger partial charge < -0.3 is 15.6 Å². The molecule has 0 bridgehead atoms. The normalized spacial score (nSPS) is 10.2. The quantitative estimate of drug-likeness (QED) is 0.697. The number of aromatic nitrogens is 4. The van der Waals surface area contributed by atoms with Gasteiger partial charge in [0.2, 0.25) is 12.3 Å². The Kier molecular flexibility index (Phi) is 2.81. The van der Waals surface area contributed by atoms with Crippen LogP contribution in [0.3, 0.4) is 0 Å². The first-order chi connectivity index (χ1) is 7.74. The molecular weight excluding hydrogens is 212 g/mol. The highest BCUT2D eigenvalue weighted by Gasteiger charge is 2.05. The van der Waals surface area contributed by atoms with E-state index in [4.69, 9.17) is 5.73 Å². The zero-order chi connectivity index (χ0) is 11.4. The highest BCUT2D eigenvalue weighted by molar-refractivity contribution is 5.75. The first-order valence-corrected chi connectivity index (χ1v) is 4.55. The van der Waals surface area contributed by atoms with E-state index in [0.29, 0.717) is 11.6 Å². The monoisotopic (exact) mass is 222 g/mol. The van der Waals surface area contributed by atoms with Crippen LogP contribution in [-0.2, 0) is 17.9 Å². The van der Waals surface area contributed by atoms with E-state index >= 15 is 0 Å². The van der Waals surface area contributed by atoms with Crippen LogP contribution >= 0.6 is 0 Å². The van der Waals surface area contributed by atoms with Crippen molar-refractivity contribution in [1.82, 2.24) is 25.2 Å². The van der Waals surface area contributed by atoms with E-state index in [2.05, 4.69) is 25.1 Å². The third kappa shape index (κ3) is 2.56. The number of carbonyl (C=O) groups excluding carboxylic acids is 1. The lowest BCUT2D eigenvalue weighted by Gasteiger charge is -2.02. The minimum absolute atomic E-state index is 0.106. The van der Waals surface area contributed by atoms with Crippen LogP contribution in [0.1, 0.15) is 5.82 Å². The SMILES string of the molecule is Nc1ccn(CC(=O)NCc2ncon2)n1. The third-order valence-electron chi connectivity index (χ3n) is 1.82. The van der Waals surface area contributed by atoms with Crippen molar-refractivity contribution in [2.24, 2.45) is 0 Å². The molecule has 8 heteroatoms. The Morgan fingerprint density at radius 3 is 3.12 bits per heavy atom. The van der Waals surface area contributed by atoms with Crippen molar-refractivity contribution in [2.75, 3.05) is 5.73 Å². The van der Waals surface area contributed by atoms with Gasteiger partial charge in [0.05, 0.1) is 6.54 Å². The largest absolute Gasteiger partial charge is 0.382 e. The smallest absolute Gasteiger partial charge is 0.242 e. The van der Waals surface area contributed by atoms with Gasteiger partial charge in [-0.25, -0.2) is 0 Å². The molecule has 2 aromatic rings. The summed E-state index contributed by atoms with van der Waals surface area (Å²) in [6.45, 7) is 0.334. The van der Waals surface area contributed by atoms with Gasteiger partial charge in [0.15, 0.2) is 5.82 Å². The first-order valence-electron chi connectivity index (χ1n) is 4.55. The predicted molar refractivity (Wildman–Crippen MR) is 52.8 cm³/mol. The van der Waals surface area contributed by atoms with Gasteiger partial charge in [-0.15, -0.1) is 0 Å². The maximum absolute atomic E-state index is 11.4. The van der Waals surface area contributed by atoms with Gasteiger partial charge in [-0.2, -0.15) is 10.1 Å². The molecule has 0 aliphatic heterocycles. The molecule has 0 aromatic carbocycles. The van der Waals surface area contributed by atoms with Crippen molar-refractivity contribution >= 4 is 11.7 Å². The second-order valence-corrected chi connectivity index (χ2v) is 3.06. The molecule has 0 saturated carbocycles. The van der Waals surface area contributed by atoms with Gasteiger partial charge in [-0.05, 0) is 6.07 Å². The number of rotatable bonds is 4. The lowest BCUT2D eigenvalue weighted by Crippen LogP contribution is -2.27. The van der Waals surface area contributed by atoms with E-state index < -0.39 is 0 Å². The fraction of sp³-hybridized carbons (Fsp3) is 0.250. The van der Waals surface area contributed by atoms with Gasteiger partial charge in [0.1, 0.15) is 12.4 Å². The number of nitrogens with zero attached hydrogens (tertiary/aromatic N) is 4. The number of anilines is 1. The molecule has 2 heterocycles. The average molecular weight is 222 g/mol. The summed E-state index contributed by atoms with van der Waals surface area (Å²) in [5, 5.41) is 10.1. The Balaban J connectivity index is 1.81. The molecule has 2 aromatic heterocycles. The Labute approximate surface area is 90.4 Å². The van der Waals surface area contributed by atoms with E-state index in [0.717, 1.165) is 0 Å². The minimum Gasteiger partial charge on any atom is -0.382 e. The highest BCUT2D eigenvalue weighted by Crippen LogP contribution is 1.95. The van der Waals surface area contributed by atoms with Crippen molar-refractivity contribution in [1.29, 1.82) is 0 Å². The van der Waals surface area contributed by atoms with E-state index in [1.165, 1.54) is 11.1 Å². The zero-order valence-electron chi connectivity index (χ0n) is 8.33. The van der Waals surface area contributed by atoms with Gasteiger partial charge in [-0.3, -0.25) is 9.48 Å². The molecule has 84 valence electrons. The third-order valence-corrected chi connectivity index (χ3v) is 1.82. The summed E-state index contributed by atoms with van der Waals surface area (Å²) in [6.07, 6.45) is 2.83. The first kappa shape index (κ1) is 10.1. The zero-order valence-corrected chi connectivity index (χ0v) is 8.33. The summed E-state index contributed by atoms with van der Waals surface area (Å²) in [6, 6.07) is 1.62. The van der Waals surface area contributed by atoms with Gasteiger partial charge >= 0.3 is 0 Å². The van der Waals surface area contributed by atoms with E-state index in [1.807, 2.05) is 0 Å². The maximum atomic E-state index is 11.4. The lowest BCUT2D eigenvalue weighted by atomic mass is 10.5. The molecule has 0 aliphatic carbocycles. The van der Waals surface area contributed by atoms with Gasteiger partial charge in [-0.1, -0.05) is 5.16 Å². The highest BCUT2D eigenvalue weighted by atomic mass is 16.5. The van der Waals surface area contributed by atoms with Crippen LogP contribution in [0.2, 0.25) is 0 Å². The molecule has 0 atom stereocenters. The minimum atomic E-state index is -0.201. The summed E-state index contributed by atoms with van der Waals surface area (Å²) in [7, 11) is 0. The second-order valence-electron chi connectivity index (χ2n) is 3.06. The van der Waals surface area contributed by atoms with Crippen LogP contribution in [-0.4, -0.2) is 25.8 Å². The topological polar surface area (TPSA) is 112 Å². The standard InChI is InChI=1S/C8H10N6O2/c9-6-1-2-14(12-6)4-8(15)10-3-7-11-5-16-13-7/h1-2,5H,3-4H2,(H2,9,12)(H,10,15). The number of nitrogens with one attached hydrogen (secondary N) is 1. The van der Waals surface area contributed by atoms with Crippen LogP contribution < -0.4 is 11.1 Å². The van der Waals surface area contributed by atoms with Crippen LogP contribution in [0.25, 0.3) is 0 Å². The molecule has 0 aliphatic rings. The van der Waals surface area contributed by atoms with E-state index in [-0.39, 0.29) is 19.0 Å². The number of carbonyl (C=O) groups is 1. The number of nitrogens with two attached hydrogens (primary N) is 1. The molecule has 0 saturated heterocycles. The average Bonchev–Trinajstić information content (AvgIpc) is 2.87. The summed E-state index contributed by atoms with van der Waals surface area (Å²) in [5.41, 5.74) is 5.41. The molecule has 1 amide bonds. The Morgan fingerprint density at radius 1 is 1.62 bits per heavy atom. The summed E-state index contributed by atoms with van der Waals surface area (Å²) in [4.78, 5) is 15.2. The van der Waals surface area contributed by atoms with Crippen LogP contribution in [0.4, 0.5) is 5.82 Å². The van der Waals surface area contributed by atoms with E-state index in [9.17, 15) is 4.79 Å². The summed E-state index contributed by atoms with van der Waals surface area (Å²) >= 11 is 0. The molecule has 0 radical (unpaired) electrons. The molecule has 0 fully saturated rings. The second kappa shape index (κ2) is 4.43. The van der Waals surface area contributed by atoms with Crippen LogP contribution in [0.15, 0.2) is 23.2 Å². The predicted octanol–water partition coefficient (Wildman–Crippen LogP) is -0.835. The maximum Gasteiger partial charge on any atom is 0.242 e.